The van der Waals surface area contributed by atoms with Gasteiger partial charge in [-0.1, -0.05) is 6.07 Å². The minimum absolute atomic E-state index is 0.0856. The van der Waals surface area contributed by atoms with E-state index in [-0.39, 0.29) is 11.8 Å². The van der Waals surface area contributed by atoms with E-state index < -0.39 is 11.9 Å². The number of amides is 1. The van der Waals surface area contributed by atoms with Gasteiger partial charge in [-0.15, -0.1) is 0 Å². The van der Waals surface area contributed by atoms with Gasteiger partial charge in [0.2, 0.25) is 5.91 Å². The summed E-state index contributed by atoms with van der Waals surface area (Å²) in [4.78, 5) is 25.3. The average molecular weight is 317 g/mol. The van der Waals surface area contributed by atoms with Gasteiger partial charge in [0.15, 0.2) is 0 Å². The van der Waals surface area contributed by atoms with Crippen LogP contribution < -0.4 is 4.74 Å². The summed E-state index contributed by atoms with van der Waals surface area (Å²) in [6.45, 7) is 0.925. The smallest absolute Gasteiger partial charge is 0.308 e. The van der Waals surface area contributed by atoms with Gasteiger partial charge in [0.1, 0.15) is 5.75 Å². The lowest BCUT2D eigenvalue weighted by Gasteiger charge is -2.27. The average Bonchev–Trinajstić information content (AvgIpc) is 3.05. The predicted molar refractivity (Wildman–Crippen MR) is 85.6 cm³/mol. The number of aryl methyl sites for hydroxylation is 1. The van der Waals surface area contributed by atoms with Crippen LogP contribution in [0.25, 0.3) is 0 Å². The number of carbonyl (C=O) groups is 2. The summed E-state index contributed by atoms with van der Waals surface area (Å²) in [5.74, 6) is -0.0136. The van der Waals surface area contributed by atoms with Gasteiger partial charge in [-0.2, -0.15) is 0 Å². The normalized spacial score (nSPS) is 23.4. The molecule has 5 heteroatoms. The SMILES string of the molecule is COc1ccc2c(c1)CCCC2CC(=O)N1CCC(C(=O)O)C1. The minimum atomic E-state index is -0.796. The van der Waals surface area contributed by atoms with Crippen LogP contribution in [0.4, 0.5) is 0 Å². The fourth-order valence-corrected chi connectivity index (χ4v) is 3.76. The summed E-state index contributed by atoms with van der Waals surface area (Å²) >= 11 is 0. The lowest BCUT2D eigenvalue weighted by molar-refractivity contribution is -0.141. The number of fused-ring (bicyclic) bond motifs is 1. The van der Waals surface area contributed by atoms with Crippen LogP contribution in [0.15, 0.2) is 18.2 Å². The molecule has 0 saturated carbocycles. The van der Waals surface area contributed by atoms with Crippen molar-refractivity contribution in [2.24, 2.45) is 5.92 Å². The van der Waals surface area contributed by atoms with Crippen molar-refractivity contribution in [1.82, 2.24) is 4.90 Å². The third kappa shape index (κ3) is 3.33. The van der Waals surface area contributed by atoms with E-state index in [0.29, 0.717) is 25.9 Å². The molecule has 0 spiro atoms. The van der Waals surface area contributed by atoms with Crippen molar-refractivity contribution in [2.45, 2.75) is 38.0 Å². The lowest BCUT2D eigenvalue weighted by atomic mass is 9.80. The molecule has 3 rings (SSSR count). The Morgan fingerprint density at radius 3 is 2.87 bits per heavy atom. The first-order valence-electron chi connectivity index (χ1n) is 8.26. The Labute approximate surface area is 136 Å². The van der Waals surface area contributed by atoms with Gasteiger partial charge in [0.05, 0.1) is 13.0 Å². The Morgan fingerprint density at radius 1 is 1.35 bits per heavy atom. The number of carbonyl (C=O) groups excluding carboxylic acids is 1. The second-order valence-corrected chi connectivity index (χ2v) is 6.52. The number of likely N-dealkylation sites (tertiary alicyclic amines) is 1. The van der Waals surface area contributed by atoms with Gasteiger partial charge in [-0.25, -0.2) is 0 Å². The maximum absolute atomic E-state index is 12.5. The molecule has 1 aromatic carbocycles. The number of aliphatic carboxylic acids is 1. The van der Waals surface area contributed by atoms with Crippen LogP contribution in [0.5, 0.6) is 5.75 Å². The van der Waals surface area contributed by atoms with Crippen molar-refractivity contribution in [2.75, 3.05) is 20.2 Å². The third-order valence-corrected chi connectivity index (χ3v) is 5.10. The van der Waals surface area contributed by atoms with Crippen molar-refractivity contribution in [1.29, 1.82) is 0 Å². The van der Waals surface area contributed by atoms with E-state index in [0.717, 1.165) is 25.0 Å². The van der Waals surface area contributed by atoms with Crippen LogP contribution in [0.2, 0.25) is 0 Å². The van der Waals surface area contributed by atoms with Crippen LogP contribution in [0.1, 0.15) is 42.7 Å². The number of rotatable bonds is 4. The summed E-state index contributed by atoms with van der Waals surface area (Å²) in [5, 5.41) is 9.06. The summed E-state index contributed by atoms with van der Waals surface area (Å²) in [7, 11) is 1.66. The molecule has 1 aromatic rings. The molecular formula is C18H23NO4. The molecule has 124 valence electrons. The number of nitrogens with zero attached hydrogens (tertiary/aromatic N) is 1. The highest BCUT2D eigenvalue weighted by Crippen LogP contribution is 2.36. The molecule has 5 nitrogen and oxygen atoms in total. The summed E-state index contributed by atoms with van der Waals surface area (Å²) in [6.07, 6.45) is 4.17. The second-order valence-electron chi connectivity index (χ2n) is 6.52. The number of ether oxygens (including phenoxy) is 1. The maximum atomic E-state index is 12.5. The Kier molecular flexibility index (Phi) is 4.55. The Morgan fingerprint density at radius 2 is 2.17 bits per heavy atom. The number of hydrogen-bond donors (Lipinski definition) is 1. The van der Waals surface area contributed by atoms with Crippen LogP contribution >= 0.6 is 0 Å². The quantitative estimate of drug-likeness (QED) is 0.926. The first-order chi connectivity index (χ1) is 11.1. The number of carboxylic acids is 1. The van der Waals surface area contributed by atoms with Gasteiger partial charge >= 0.3 is 5.97 Å². The molecule has 1 heterocycles. The minimum Gasteiger partial charge on any atom is -0.497 e. The zero-order valence-electron chi connectivity index (χ0n) is 13.5. The third-order valence-electron chi connectivity index (χ3n) is 5.10. The Hall–Kier alpha value is -2.04. The predicted octanol–water partition coefficient (Wildman–Crippen LogP) is 2.44. The fraction of sp³-hybridized carbons (Fsp3) is 0.556. The molecule has 2 atom stereocenters. The highest BCUT2D eigenvalue weighted by atomic mass is 16.5. The second kappa shape index (κ2) is 6.60. The summed E-state index contributed by atoms with van der Waals surface area (Å²) < 4.78 is 5.28. The highest BCUT2D eigenvalue weighted by Gasteiger charge is 2.32. The first-order valence-corrected chi connectivity index (χ1v) is 8.26. The molecule has 23 heavy (non-hydrogen) atoms. The fourth-order valence-electron chi connectivity index (χ4n) is 3.76. The number of hydrogen-bond acceptors (Lipinski definition) is 3. The molecule has 1 saturated heterocycles. The van der Waals surface area contributed by atoms with Crippen molar-refractivity contribution in [3.63, 3.8) is 0 Å². The molecular weight excluding hydrogens is 294 g/mol. The van der Waals surface area contributed by atoms with Crippen molar-refractivity contribution >= 4 is 11.9 Å². The summed E-state index contributed by atoms with van der Waals surface area (Å²) in [5.41, 5.74) is 2.53. The molecule has 2 aliphatic rings. The van der Waals surface area contributed by atoms with Crippen molar-refractivity contribution < 1.29 is 19.4 Å². The van der Waals surface area contributed by atoms with E-state index in [2.05, 4.69) is 12.1 Å². The molecule has 1 amide bonds. The molecule has 0 bridgehead atoms. The standard InChI is InChI=1S/C18H23NO4/c1-23-15-5-6-16-12(9-15)3-2-4-13(16)10-17(20)19-8-7-14(11-19)18(21)22/h5-6,9,13-14H,2-4,7-8,10-11H2,1H3,(H,21,22). The number of methoxy groups -OCH3 is 1. The van der Waals surface area contributed by atoms with E-state index >= 15 is 0 Å². The highest BCUT2D eigenvalue weighted by molar-refractivity contribution is 5.79. The van der Waals surface area contributed by atoms with Gasteiger partial charge in [-0.05, 0) is 54.9 Å². The van der Waals surface area contributed by atoms with Gasteiger partial charge in [0, 0.05) is 19.5 Å². The number of benzene rings is 1. The van der Waals surface area contributed by atoms with E-state index in [9.17, 15) is 9.59 Å². The van der Waals surface area contributed by atoms with Crippen LogP contribution in [0.3, 0.4) is 0 Å². The first kappa shape index (κ1) is 15.8. The van der Waals surface area contributed by atoms with Gasteiger partial charge in [-0.3, -0.25) is 9.59 Å². The molecule has 0 radical (unpaired) electrons. The van der Waals surface area contributed by atoms with E-state index in [1.54, 1.807) is 12.0 Å². The van der Waals surface area contributed by atoms with Gasteiger partial charge < -0.3 is 14.7 Å². The molecule has 2 unspecified atom stereocenters. The molecule has 0 aromatic heterocycles. The zero-order chi connectivity index (χ0) is 16.4. The molecule has 1 N–H and O–H groups in total. The number of carboxylic acid groups (broad SMARTS) is 1. The lowest BCUT2D eigenvalue weighted by Crippen LogP contribution is -2.31. The van der Waals surface area contributed by atoms with Crippen LogP contribution in [-0.4, -0.2) is 42.1 Å². The van der Waals surface area contributed by atoms with Crippen LogP contribution in [0, 0.1) is 5.92 Å². The Bertz CT molecular complexity index is 613. The molecule has 1 fully saturated rings. The van der Waals surface area contributed by atoms with E-state index in [1.807, 2.05) is 6.07 Å². The topological polar surface area (TPSA) is 66.8 Å². The maximum Gasteiger partial charge on any atom is 0.308 e. The van der Waals surface area contributed by atoms with E-state index in [1.165, 1.54) is 11.1 Å². The van der Waals surface area contributed by atoms with Crippen molar-refractivity contribution in [3.8, 4) is 5.75 Å². The van der Waals surface area contributed by atoms with E-state index in [4.69, 9.17) is 9.84 Å². The largest absolute Gasteiger partial charge is 0.497 e. The summed E-state index contributed by atoms with van der Waals surface area (Å²) in [6, 6.07) is 6.11. The molecule has 1 aliphatic carbocycles. The monoisotopic (exact) mass is 317 g/mol. The van der Waals surface area contributed by atoms with Gasteiger partial charge in [0.25, 0.3) is 0 Å². The van der Waals surface area contributed by atoms with Crippen LogP contribution in [-0.2, 0) is 16.0 Å². The Balaban J connectivity index is 1.68. The molecule has 1 aliphatic heterocycles. The zero-order valence-corrected chi connectivity index (χ0v) is 13.5. The van der Waals surface area contributed by atoms with Crippen molar-refractivity contribution in [3.05, 3.63) is 29.3 Å².